The second-order valence-electron chi connectivity index (χ2n) is 2.09. The third-order valence-electron chi connectivity index (χ3n) is 1.08. The lowest BCUT2D eigenvalue weighted by atomic mass is 10.2. The van der Waals surface area contributed by atoms with E-state index in [9.17, 15) is 0 Å². The number of nitrogens with two attached hydrogens (primary N) is 2. The molecule has 0 aliphatic carbocycles. The number of rotatable bonds is 4. The summed E-state index contributed by atoms with van der Waals surface area (Å²) < 4.78 is 0. The smallest absolute Gasteiger partial charge is 0.185 e. The Morgan fingerprint density at radius 2 is 2.27 bits per heavy atom. The van der Waals surface area contributed by atoms with Gasteiger partial charge >= 0.3 is 0 Å². The molecule has 0 amide bonds. The van der Waals surface area contributed by atoms with Crippen molar-refractivity contribution in [2.45, 2.75) is 18.9 Å². The predicted molar refractivity (Wildman–Crippen MR) is 41.5 cm³/mol. The number of aliphatic imine (C=N–C) groups is 1. The van der Waals surface area contributed by atoms with Crippen molar-refractivity contribution in [1.82, 2.24) is 0 Å². The third-order valence-corrected chi connectivity index (χ3v) is 1.08. The maximum atomic E-state index is 8.75. The number of aliphatic hydroxyl groups excluding tert-OH is 1. The van der Waals surface area contributed by atoms with E-state index in [1.165, 1.54) is 0 Å². The summed E-state index contributed by atoms with van der Waals surface area (Å²) in [6.45, 7) is 0.459. The molecule has 0 bridgehead atoms. The molecule has 0 fully saturated rings. The van der Waals surface area contributed by atoms with E-state index in [1.54, 1.807) is 6.07 Å². The van der Waals surface area contributed by atoms with Gasteiger partial charge in [-0.15, -0.1) is 0 Å². The van der Waals surface area contributed by atoms with Crippen LogP contribution >= 0.6 is 0 Å². The van der Waals surface area contributed by atoms with Crippen LogP contribution in [0.15, 0.2) is 4.99 Å². The van der Waals surface area contributed by atoms with Gasteiger partial charge in [0.05, 0.1) is 6.07 Å². The quantitative estimate of drug-likeness (QED) is 0.208. The van der Waals surface area contributed by atoms with Crippen LogP contribution in [0, 0.1) is 11.3 Å². The van der Waals surface area contributed by atoms with Gasteiger partial charge in [0.1, 0.15) is 6.10 Å². The molecule has 5 N–H and O–H groups in total. The largest absolute Gasteiger partial charge is 0.378 e. The van der Waals surface area contributed by atoms with Crippen molar-refractivity contribution >= 4 is 5.96 Å². The van der Waals surface area contributed by atoms with Crippen LogP contribution in [0.25, 0.3) is 0 Å². The maximum Gasteiger partial charge on any atom is 0.185 e. The molecule has 1 unspecified atom stereocenters. The standard InChI is InChI=1S/C6H12N4O/c7-4-5(11)2-1-3-10-6(8)9/h5,11H,1-3H2,(H4,8,9,10). The second kappa shape index (κ2) is 5.50. The first-order chi connectivity index (χ1) is 5.16. The summed E-state index contributed by atoms with van der Waals surface area (Å²) in [6, 6.07) is 1.70. The van der Waals surface area contributed by atoms with Crippen LogP contribution in [0.3, 0.4) is 0 Å². The Balaban J connectivity index is 3.30. The highest BCUT2D eigenvalue weighted by Gasteiger charge is 1.98. The number of aliphatic hydroxyl groups is 1. The fourth-order valence-corrected chi connectivity index (χ4v) is 0.557. The highest BCUT2D eigenvalue weighted by atomic mass is 16.3. The van der Waals surface area contributed by atoms with Crippen molar-refractivity contribution in [2.75, 3.05) is 6.54 Å². The molecular formula is C6H12N4O. The number of nitrogens with zero attached hydrogens (tertiary/aromatic N) is 2. The molecule has 0 spiro atoms. The van der Waals surface area contributed by atoms with Gasteiger partial charge in [-0.1, -0.05) is 0 Å². The Morgan fingerprint density at radius 3 is 2.73 bits per heavy atom. The molecule has 0 aromatic carbocycles. The molecule has 0 radical (unpaired) electrons. The van der Waals surface area contributed by atoms with Crippen LogP contribution in [0.4, 0.5) is 0 Å². The van der Waals surface area contributed by atoms with Crippen molar-refractivity contribution in [1.29, 1.82) is 5.26 Å². The zero-order valence-electron chi connectivity index (χ0n) is 6.20. The third kappa shape index (κ3) is 6.61. The van der Waals surface area contributed by atoms with Crippen LogP contribution in [0.2, 0.25) is 0 Å². The maximum absolute atomic E-state index is 8.75. The zero-order chi connectivity index (χ0) is 8.69. The molecule has 0 saturated heterocycles. The van der Waals surface area contributed by atoms with Crippen molar-refractivity contribution in [3.8, 4) is 6.07 Å². The molecular weight excluding hydrogens is 144 g/mol. The first kappa shape index (κ1) is 9.72. The summed E-state index contributed by atoms with van der Waals surface area (Å²) >= 11 is 0. The first-order valence-corrected chi connectivity index (χ1v) is 3.30. The van der Waals surface area contributed by atoms with Gasteiger partial charge in [0.2, 0.25) is 0 Å². The van der Waals surface area contributed by atoms with Crippen molar-refractivity contribution in [3.05, 3.63) is 0 Å². The minimum Gasteiger partial charge on any atom is -0.378 e. The number of hydrogen-bond donors (Lipinski definition) is 3. The fourth-order valence-electron chi connectivity index (χ4n) is 0.557. The summed E-state index contributed by atoms with van der Waals surface area (Å²) in [5.41, 5.74) is 10.1. The van der Waals surface area contributed by atoms with Gasteiger partial charge < -0.3 is 16.6 Å². The molecule has 1 atom stereocenters. The van der Waals surface area contributed by atoms with E-state index >= 15 is 0 Å². The van der Waals surface area contributed by atoms with Crippen LogP contribution in [0.5, 0.6) is 0 Å². The topological polar surface area (TPSA) is 108 Å². The minimum atomic E-state index is -0.899. The Labute approximate surface area is 65.3 Å². The summed E-state index contributed by atoms with van der Waals surface area (Å²) in [6.07, 6.45) is 0.129. The summed E-state index contributed by atoms with van der Waals surface area (Å²) in [5.74, 6) is 0.0384. The Hall–Kier alpha value is -1.28. The molecule has 0 saturated carbocycles. The van der Waals surface area contributed by atoms with Crippen LogP contribution in [-0.2, 0) is 0 Å². The van der Waals surface area contributed by atoms with E-state index in [0.717, 1.165) is 0 Å². The normalized spacial score (nSPS) is 11.6. The highest BCUT2D eigenvalue weighted by Crippen LogP contribution is 1.94. The van der Waals surface area contributed by atoms with E-state index in [0.29, 0.717) is 19.4 Å². The summed E-state index contributed by atoms with van der Waals surface area (Å²) in [5, 5.41) is 16.9. The summed E-state index contributed by atoms with van der Waals surface area (Å²) in [7, 11) is 0. The summed E-state index contributed by atoms with van der Waals surface area (Å²) in [4.78, 5) is 3.68. The van der Waals surface area contributed by atoms with Gasteiger partial charge in [-0.25, -0.2) is 0 Å². The fraction of sp³-hybridized carbons (Fsp3) is 0.667. The van der Waals surface area contributed by atoms with E-state index in [1.807, 2.05) is 0 Å². The van der Waals surface area contributed by atoms with Gasteiger partial charge in [-0.2, -0.15) is 5.26 Å². The second-order valence-corrected chi connectivity index (χ2v) is 2.09. The average molecular weight is 156 g/mol. The number of guanidine groups is 1. The molecule has 0 aromatic rings. The van der Waals surface area contributed by atoms with Crippen molar-refractivity contribution < 1.29 is 5.11 Å². The highest BCUT2D eigenvalue weighted by molar-refractivity contribution is 5.75. The molecule has 0 aliphatic heterocycles. The first-order valence-electron chi connectivity index (χ1n) is 3.30. The monoisotopic (exact) mass is 156 g/mol. The lowest BCUT2D eigenvalue weighted by Gasteiger charge is -1.97. The average Bonchev–Trinajstić information content (AvgIpc) is 1.97. The predicted octanol–water partition coefficient (Wildman–Crippen LogP) is -1.08. The minimum absolute atomic E-state index is 0.0384. The molecule has 62 valence electrons. The molecule has 0 rings (SSSR count). The molecule has 0 aromatic heterocycles. The SMILES string of the molecule is N#CC(O)CCCN=C(N)N. The van der Waals surface area contributed by atoms with E-state index in [-0.39, 0.29) is 5.96 Å². The Kier molecular flexibility index (Phi) is 4.86. The van der Waals surface area contributed by atoms with E-state index in [2.05, 4.69) is 4.99 Å². The van der Waals surface area contributed by atoms with Gasteiger partial charge in [-0.05, 0) is 12.8 Å². The van der Waals surface area contributed by atoms with Crippen LogP contribution in [0.1, 0.15) is 12.8 Å². The lowest BCUT2D eigenvalue weighted by molar-refractivity contribution is 0.217. The van der Waals surface area contributed by atoms with Crippen molar-refractivity contribution in [3.63, 3.8) is 0 Å². The molecule has 5 heteroatoms. The van der Waals surface area contributed by atoms with E-state index in [4.69, 9.17) is 21.8 Å². The Bertz CT molecular complexity index is 168. The Morgan fingerprint density at radius 1 is 1.64 bits per heavy atom. The van der Waals surface area contributed by atoms with Crippen molar-refractivity contribution in [2.24, 2.45) is 16.5 Å². The lowest BCUT2D eigenvalue weighted by Crippen LogP contribution is -2.23. The van der Waals surface area contributed by atoms with Gasteiger partial charge in [0.25, 0.3) is 0 Å². The number of hydrogen-bond acceptors (Lipinski definition) is 3. The number of nitriles is 1. The zero-order valence-corrected chi connectivity index (χ0v) is 6.20. The van der Waals surface area contributed by atoms with Gasteiger partial charge in [0.15, 0.2) is 5.96 Å². The van der Waals surface area contributed by atoms with E-state index < -0.39 is 6.10 Å². The molecule has 0 heterocycles. The van der Waals surface area contributed by atoms with Gasteiger partial charge in [0, 0.05) is 6.54 Å². The van der Waals surface area contributed by atoms with Gasteiger partial charge in [-0.3, -0.25) is 4.99 Å². The van der Waals surface area contributed by atoms with Crippen LogP contribution in [-0.4, -0.2) is 23.7 Å². The molecule has 11 heavy (non-hydrogen) atoms. The van der Waals surface area contributed by atoms with Crippen LogP contribution < -0.4 is 11.5 Å². The molecule has 0 aliphatic rings. The molecule has 5 nitrogen and oxygen atoms in total.